The van der Waals surface area contributed by atoms with Gasteiger partial charge in [0.1, 0.15) is 17.8 Å². The number of hydrogen-bond donors (Lipinski definition) is 3. The van der Waals surface area contributed by atoms with E-state index in [0.29, 0.717) is 13.1 Å². The van der Waals surface area contributed by atoms with Crippen molar-refractivity contribution < 1.29 is 4.79 Å². The molecular formula is C18H16N6O3. The lowest BCUT2D eigenvalue weighted by molar-refractivity contribution is -0.120. The average Bonchev–Trinajstić information content (AvgIpc) is 2.64. The molecular weight excluding hydrogens is 348 g/mol. The second-order valence-corrected chi connectivity index (χ2v) is 6.20. The minimum atomic E-state index is -0.633. The molecule has 0 spiro atoms. The van der Waals surface area contributed by atoms with Crippen LogP contribution in [0, 0.1) is 5.92 Å². The number of carbonyl (C=O) groups is 1. The molecule has 0 unspecified atom stereocenters. The van der Waals surface area contributed by atoms with Crippen LogP contribution in [0.15, 0.2) is 58.5 Å². The maximum Gasteiger partial charge on any atom is 0.325 e. The van der Waals surface area contributed by atoms with Gasteiger partial charge in [0.25, 0.3) is 5.56 Å². The molecule has 1 saturated heterocycles. The van der Waals surface area contributed by atoms with Gasteiger partial charge >= 0.3 is 5.69 Å². The number of nitrogens with one attached hydrogen (secondary N) is 3. The van der Waals surface area contributed by atoms with Crippen LogP contribution in [0.3, 0.4) is 0 Å². The lowest BCUT2D eigenvalue weighted by atomic mass is 9.99. The smallest absolute Gasteiger partial charge is 0.325 e. The molecule has 4 rings (SSSR count). The molecule has 0 atom stereocenters. The van der Waals surface area contributed by atoms with Crippen LogP contribution < -0.4 is 21.5 Å². The second kappa shape index (κ2) is 6.87. The number of amides is 1. The number of H-pyrrole nitrogens is 2. The summed E-state index contributed by atoms with van der Waals surface area (Å²) in [7, 11) is 0. The van der Waals surface area contributed by atoms with Crippen LogP contribution >= 0.6 is 0 Å². The van der Waals surface area contributed by atoms with Crippen molar-refractivity contribution in [2.75, 3.05) is 23.3 Å². The Balaban J connectivity index is 1.41. The minimum absolute atomic E-state index is 0.0199. The van der Waals surface area contributed by atoms with Gasteiger partial charge in [-0.3, -0.25) is 14.6 Å². The van der Waals surface area contributed by atoms with E-state index in [1.54, 1.807) is 0 Å². The molecule has 0 aliphatic carbocycles. The molecule has 0 radical (unpaired) electrons. The number of benzene rings is 1. The van der Waals surface area contributed by atoms with Gasteiger partial charge in [-0.1, -0.05) is 30.3 Å². The van der Waals surface area contributed by atoms with Gasteiger partial charge in [0.2, 0.25) is 5.91 Å². The van der Waals surface area contributed by atoms with Gasteiger partial charge in [-0.05, 0) is 0 Å². The lowest BCUT2D eigenvalue weighted by Gasteiger charge is -2.39. The van der Waals surface area contributed by atoms with Crippen LogP contribution in [0.4, 0.5) is 11.5 Å². The van der Waals surface area contributed by atoms with Crippen molar-refractivity contribution in [1.29, 1.82) is 0 Å². The number of aromatic nitrogens is 4. The first-order valence-corrected chi connectivity index (χ1v) is 8.35. The first kappa shape index (κ1) is 16.7. The predicted molar refractivity (Wildman–Crippen MR) is 99.5 cm³/mol. The second-order valence-electron chi connectivity index (χ2n) is 6.20. The molecule has 3 aromatic rings. The van der Waals surface area contributed by atoms with Gasteiger partial charge < -0.3 is 15.2 Å². The van der Waals surface area contributed by atoms with E-state index in [1.165, 1.54) is 12.5 Å². The monoisotopic (exact) mass is 364 g/mol. The summed E-state index contributed by atoms with van der Waals surface area (Å²) in [4.78, 5) is 49.9. The Morgan fingerprint density at radius 2 is 1.93 bits per heavy atom. The normalized spacial score (nSPS) is 13.9. The van der Waals surface area contributed by atoms with Gasteiger partial charge in [-0.2, -0.15) is 0 Å². The quantitative estimate of drug-likeness (QED) is 0.623. The molecule has 1 aliphatic rings. The van der Waals surface area contributed by atoms with Crippen molar-refractivity contribution in [3.63, 3.8) is 0 Å². The Labute approximate surface area is 153 Å². The molecule has 27 heavy (non-hydrogen) atoms. The number of carbonyl (C=O) groups excluding carboxylic acids is 1. The van der Waals surface area contributed by atoms with Crippen LogP contribution in [0.2, 0.25) is 0 Å². The third-order valence-electron chi connectivity index (χ3n) is 4.38. The van der Waals surface area contributed by atoms with Crippen molar-refractivity contribution >= 4 is 17.4 Å². The minimum Gasteiger partial charge on any atom is -0.355 e. The summed E-state index contributed by atoms with van der Waals surface area (Å²) < 4.78 is 0. The predicted octanol–water partition coefficient (Wildman–Crippen LogP) is 0.595. The van der Waals surface area contributed by atoms with Gasteiger partial charge in [0, 0.05) is 30.9 Å². The maximum absolute atomic E-state index is 12.3. The third kappa shape index (κ3) is 3.47. The zero-order valence-electron chi connectivity index (χ0n) is 14.2. The third-order valence-corrected chi connectivity index (χ3v) is 4.38. The summed E-state index contributed by atoms with van der Waals surface area (Å²) in [5, 5.41) is 2.54. The van der Waals surface area contributed by atoms with Crippen LogP contribution in [0.5, 0.6) is 0 Å². The van der Waals surface area contributed by atoms with Crippen molar-refractivity contribution in [1.82, 2.24) is 19.9 Å². The van der Waals surface area contributed by atoms with Gasteiger partial charge in [-0.25, -0.2) is 14.8 Å². The standard InChI is InChI=1S/C18H16N6O3/c25-16(22-14-7-19-18(27)23-17(14)26)12-8-24(9-12)15-6-13(20-10-21-15)11-4-2-1-3-5-11/h1-7,10,12H,8-9H2,(H,22,25)(H2,19,23,26,27). The van der Waals surface area contributed by atoms with Crippen molar-refractivity contribution in [3.8, 4) is 11.3 Å². The Morgan fingerprint density at radius 3 is 2.67 bits per heavy atom. The fourth-order valence-electron chi connectivity index (χ4n) is 2.86. The Bertz CT molecular complexity index is 1090. The molecule has 1 fully saturated rings. The summed E-state index contributed by atoms with van der Waals surface area (Å²) in [5.74, 6) is 0.197. The van der Waals surface area contributed by atoms with E-state index in [9.17, 15) is 14.4 Å². The van der Waals surface area contributed by atoms with Crippen LogP contribution in [0.25, 0.3) is 11.3 Å². The molecule has 136 valence electrons. The Morgan fingerprint density at radius 1 is 1.15 bits per heavy atom. The SMILES string of the molecule is O=C(Nc1c[nH]c(=O)[nH]c1=O)C1CN(c2cc(-c3ccccc3)ncn2)C1. The van der Waals surface area contributed by atoms with Gasteiger partial charge in [-0.15, -0.1) is 0 Å². The topological polar surface area (TPSA) is 124 Å². The van der Waals surface area contributed by atoms with Crippen LogP contribution in [-0.2, 0) is 4.79 Å². The van der Waals surface area contributed by atoms with E-state index >= 15 is 0 Å². The first-order valence-electron chi connectivity index (χ1n) is 8.35. The van der Waals surface area contributed by atoms with E-state index < -0.39 is 11.2 Å². The number of aromatic amines is 2. The highest BCUT2D eigenvalue weighted by Gasteiger charge is 2.34. The van der Waals surface area contributed by atoms with Crippen molar-refractivity contribution in [2.24, 2.45) is 5.92 Å². The average molecular weight is 364 g/mol. The zero-order chi connectivity index (χ0) is 18.8. The summed E-state index contributed by atoms with van der Waals surface area (Å²) >= 11 is 0. The van der Waals surface area contributed by atoms with E-state index in [0.717, 1.165) is 17.1 Å². The summed E-state index contributed by atoms with van der Waals surface area (Å²) in [6.45, 7) is 0.969. The fraction of sp³-hybridized carbons (Fsp3) is 0.167. The highest BCUT2D eigenvalue weighted by atomic mass is 16.2. The zero-order valence-corrected chi connectivity index (χ0v) is 14.2. The van der Waals surface area contributed by atoms with E-state index in [1.807, 2.05) is 41.3 Å². The van der Waals surface area contributed by atoms with Crippen LogP contribution in [0.1, 0.15) is 0 Å². The number of rotatable bonds is 4. The number of nitrogens with zero attached hydrogens (tertiary/aromatic N) is 3. The highest BCUT2D eigenvalue weighted by Crippen LogP contribution is 2.26. The van der Waals surface area contributed by atoms with Gasteiger partial charge in [0.15, 0.2) is 0 Å². The molecule has 0 saturated carbocycles. The fourth-order valence-corrected chi connectivity index (χ4v) is 2.86. The molecule has 3 N–H and O–H groups in total. The molecule has 9 heteroatoms. The molecule has 0 bridgehead atoms. The molecule has 1 amide bonds. The van der Waals surface area contributed by atoms with Crippen LogP contribution in [-0.4, -0.2) is 38.9 Å². The lowest BCUT2D eigenvalue weighted by Crippen LogP contribution is -2.52. The van der Waals surface area contributed by atoms with Crippen molar-refractivity contribution in [2.45, 2.75) is 0 Å². The summed E-state index contributed by atoms with van der Waals surface area (Å²) in [6, 6.07) is 11.7. The summed E-state index contributed by atoms with van der Waals surface area (Å²) in [6.07, 6.45) is 2.69. The molecule has 3 heterocycles. The largest absolute Gasteiger partial charge is 0.355 e. The first-order chi connectivity index (χ1) is 13.1. The van der Waals surface area contributed by atoms with E-state index in [-0.39, 0.29) is 17.5 Å². The maximum atomic E-state index is 12.3. The Hall–Kier alpha value is -3.75. The van der Waals surface area contributed by atoms with E-state index in [2.05, 4.69) is 25.3 Å². The molecule has 2 aromatic heterocycles. The van der Waals surface area contributed by atoms with Gasteiger partial charge in [0.05, 0.1) is 11.6 Å². The van der Waals surface area contributed by atoms with Crippen molar-refractivity contribution in [3.05, 3.63) is 69.8 Å². The molecule has 1 aliphatic heterocycles. The molecule has 1 aromatic carbocycles. The highest BCUT2D eigenvalue weighted by molar-refractivity contribution is 5.94. The Kier molecular flexibility index (Phi) is 4.25. The number of hydrogen-bond acceptors (Lipinski definition) is 6. The number of anilines is 2. The summed E-state index contributed by atoms with van der Waals surface area (Å²) in [5.41, 5.74) is 0.574. The molecule has 9 nitrogen and oxygen atoms in total. The van der Waals surface area contributed by atoms with E-state index in [4.69, 9.17) is 0 Å².